The van der Waals surface area contributed by atoms with Gasteiger partial charge >= 0.3 is 0 Å². The van der Waals surface area contributed by atoms with Crippen molar-refractivity contribution in [2.24, 2.45) is 5.73 Å². The van der Waals surface area contributed by atoms with Crippen molar-refractivity contribution in [2.75, 3.05) is 0 Å². The van der Waals surface area contributed by atoms with Gasteiger partial charge in [0.05, 0.1) is 0 Å². The first-order valence-electron chi connectivity index (χ1n) is 4.10. The second-order valence-corrected chi connectivity index (χ2v) is 2.95. The van der Waals surface area contributed by atoms with Crippen LogP contribution in [0.3, 0.4) is 0 Å². The van der Waals surface area contributed by atoms with Gasteiger partial charge in [-0.05, 0) is 24.5 Å². The van der Waals surface area contributed by atoms with Gasteiger partial charge in [-0.1, -0.05) is 6.92 Å². The maximum Gasteiger partial charge on any atom is 0.248 e. The number of aromatic nitrogens is 1. The Kier molecular flexibility index (Phi) is 2.65. The van der Waals surface area contributed by atoms with Gasteiger partial charge in [0, 0.05) is 18.3 Å². The number of pyridine rings is 1. The summed E-state index contributed by atoms with van der Waals surface area (Å²) in [4.78, 5) is 13.5. The van der Waals surface area contributed by atoms with Crippen molar-refractivity contribution in [1.82, 2.24) is 4.98 Å². The molecule has 1 heterocycles. The average molecular weight is 166 g/mol. The molecule has 0 aliphatic carbocycles. The van der Waals surface area contributed by atoms with Gasteiger partial charge in [-0.15, -0.1) is 0 Å². The molecule has 0 spiro atoms. The number of H-pyrrole nitrogens is 1. The monoisotopic (exact) mass is 166 g/mol. The van der Waals surface area contributed by atoms with Crippen LogP contribution in [-0.4, -0.2) is 4.98 Å². The van der Waals surface area contributed by atoms with Gasteiger partial charge in [0.2, 0.25) is 5.56 Å². The number of aromatic amines is 1. The zero-order valence-electron chi connectivity index (χ0n) is 7.42. The van der Waals surface area contributed by atoms with Crippen molar-refractivity contribution in [3.8, 4) is 0 Å². The normalized spacial score (nSPS) is 12.9. The van der Waals surface area contributed by atoms with Crippen LogP contribution in [0.4, 0.5) is 0 Å². The van der Waals surface area contributed by atoms with Crippen LogP contribution in [0.1, 0.15) is 30.5 Å². The van der Waals surface area contributed by atoms with Crippen LogP contribution < -0.4 is 11.3 Å². The van der Waals surface area contributed by atoms with E-state index in [4.69, 9.17) is 5.73 Å². The Balaban J connectivity index is 3.09. The highest BCUT2D eigenvalue weighted by Gasteiger charge is 2.05. The third-order valence-corrected chi connectivity index (χ3v) is 2.01. The van der Waals surface area contributed by atoms with Crippen LogP contribution in [0.5, 0.6) is 0 Å². The van der Waals surface area contributed by atoms with Gasteiger partial charge in [-0.3, -0.25) is 4.79 Å². The van der Waals surface area contributed by atoms with Crippen LogP contribution in [0.2, 0.25) is 0 Å². The fourth-order valence-electron chi connectivity index (χ4n) is 1.20. The van der Waals surface area contributed by atoms with E-state index in [9.17, 15) is 4.79 Å². The van der Waals surface area contributed by atoms with E-state index in [1.165, 1.54) is 0 Å². The highest BCUT2D eigenvalue weighted by atomic mass is 16.1. The zero-order valence-corrected chi connectivity index (χ0v) is 7.42. The van der Waals surface area contributed by atoms with E-state index in [-0.39, 0.29) is 11.6 Å². The van der Waals surface area contributed by atoms with Gasteiger partial charge in [0.1, 0.15) is 0 Å². The number of nitrogens with one attached hydrogen (secondary N) is 1. The predicted molar refractivity (Wildman–Crippen MR) is 49.0 cm³/mol. The second-order valence-electron chi connectivity index (χ2n) is 2.95. The Morgan fingerprint density at radius 3 is 2.83 bits per heavy atom. The summed E-state index contributed by atoms with van der Waals surface area (Å²) in [5, 5.41) is 0. The minimum absolute atomic E-state index is 0.0295. The molecule has 1 rings (SSSR count). The van der Waals surface area contributed by atoms with Crippen molar-refractivity contribution >= 4 is 0 Å². The molecule has 0 saturated carbocycles. The van der Waals surface area contributed by atoms with Crippen molar-refractivity contribution in [3.63, 3.8) is 0 Å². The molecule has 1 atom stereocenters. The maximum absolute atomic E-state index is 10.9. The Morgan fingerprint density at radius 1 is 1.67 bits per heavy atom. The Morgan fingerprint density at radius 2 is 2.33 bits per heavy atom. The van der Waals surface area contributed by atoms with Crippen LogP contribution in [0.15, 0.2) is 17.1 Å². The molecule has 0 aliphatic heterocycles. The molecular weight excluding hydrogens is 152 g/mol. The lowest BCUT2D eigenvalue weighted by Gasteiger charge is -2.10. The van der Waals surface area contributed by atoms with Crippen molar-refractivity contribution in [1.29, 1.82) is 0 Å². The lowest BCUT2D eigenvalue weighted by atomic mass is 10.0. The number of hydrogen-bond acceptors (Lipinski definition) is 2. The first-order valence-corrected chi connectivity index (χ1v) is 4.10. The third-order valence-electron chi connectivity index (χ3n) is 2.01. The molecule has 66 valence electrons. The van der Waals surface area contributed by atoms with E-state index in [0.717, 1.165) is 17.5 Å². The Bertz CT molecular complexity index is 317. The summed E-state index contributed by atoms with van der Waals surface area (Å²) in [6.07, 6.45) is 2.58. The van der Waals surface area contributed by atoms with E-state index in [1.54, 1.807) is 12.3 Å². The Labute approximate surface area is 71.6 Å². The maximum atomic E-state index is 10.9. The molecule has 3 nitrogen and oxygen atoms in total. The summed E-state index contributed by atoms with van der Waals surface area (Å²) in [6.45, 7) is 3.93. The second kappa shape index (κ2) is 3.54. The average Bonchev–Trinajstić information content (AvgIpc) is 2.03. The fourth-order valence-corrected chi connectivity index (χ4v) is 1.20. The van der Waals surface area contributed by atoms with Crippen molar-refractivity contribution in [2.45, 2.75) is 26.3 Å². The zero-order chi connectivity index (χ0) is 9.14. The quantitative estimate of drug-likeness (QED) is 0.691. The summed E-state index contributed by atoms with van der Waals surface area (Å²) in [5.74, 6) is 0. The topological polar surface area (TPSA) is 58.9 Å². The predicted octanol–water partition coefficient (Wildman–Crippen LogP) is 1.09. The van der Waals surface area contributed by atoms with Crippen molar-refractivity contribution in [3.05, 3.63) is 33.7 Å². The minimum Gasteiger partial charge on any atom is -0.329 e. The molecule has 0 aliphatic rings. The molecular formula is C9H14N2O. The highest BCUT2D eigenvalue weighted by molar-refractivity contribution is 5.24. The van der Waals surface area contributed by atoms with E-state index in [0.29, 0.717) is 0 Å². The molecule has 0 fully saturated rings. The molecule has 0 bridgehead atoms. The van der Waals surface area contributed by atoms with Gasteiger partial charge in [0.15, 0.2) is 0 Å². The number of aryl methyl sites for hydroxylation is 1. The van der Waals surface area contributed by atoms with E-state index in [1.807, 2.05) is 13.8 Å². The summed E-state index contributed by atoms with van der Waals surface area (Å²) >= 11 is 0. The number of rotatable bonds is 2. The first-order chi connectivity index (χ1) is 5.65. The fraction of sp³-hybridized carbons (Fsp3) is 0.444. The SMILES string of the molecule is CC[C@@H](N)c1c[nH]c(=O)cc1C. The van der Waals surface area contributed by atoms with E-state index in [2.05, 4.69) is 4.98 Å². The molecule has 0 unspecified atom stereocenters. The summed E-state index contributed by atoms with van der Waals surface area (Å²) in [6, 6.07) is 1.60. The lowest BCUT2D eigenvalue weighted by molar-refractivity contribution is 0.689. The van der Waals surface area contributed by atoms with Crippen LogP contribution in [0.25, 0.3) is 0 Å². The van der Waals surface area contributed by atoms with Crippen LogP contribution in [-0.2, 0) is 0 Å². The van der Waals surface area contributed by atoms with Gasteiger partial charge in [0.25, 0.3) is 0 Å². The summed E-state index contributed by atoms with van der Waals surface area (Å²) in [7, 11) is 0. The lowest BCUT2D eigenvalue weighted by Crippen LogP contribution is -2.14. The van der Waals surface area contributed by atoms with Gasteiger partial charge < -0.3 is 10.7 Å². The molecule has 12 heavy (non-hydrogen) atoms. The third kappa shape index (κ3) is 1.74. The summed E-state index contributed by atoms with van der Waals surface area (Å²) in [5.41, 5.74) is 7.74. The Hall–Kier alpha value is -1.09. The number of nitrogens with two attached hydrogens (primary N) is 1. The van der Waals surface area contributed by atoms with Gasteiger partial charge in [-0.2, -0.15) is 0 Å². The van der Waals surface area contributed by atoms with Crippen LogP contribution >= 0.6 is 0 Å². The molecule has 1 aromatic heterocycles. The summed E-state index contributed by atoms with van der Waals surface area (Å²) < 4.78 is 0. The molecule has 0 radical (unpaired) electrons. The van der Waals surface area contributed by atoms with Crippen molar-refractivity contribution < 1.29 is 0 Å². The molecule has 3 heteroatoms. The smallest absolute Gasteiger partial charge is 0.248 e. The molecule has 0 saturated heterocycles. The van der Waals surface area contributed by atoms with Crippen LogP contribution in [0, 0.1) is 6.92 Å². The van der Waals surface area contributed by atoms with E-state index < -0.39 is 0 Å². The number of hydrogen-bond donors (Lipinski definition) is 2. The standard InChI is InChI=1S/C9H14N2O/c1-3-8(10)7-5-11-9(12)4-6(7)2/h4-5,8H,3,10H2,1-2H3,(H,11,12)/t8-/m1/s1. The van der Waals surface area contributed by atoms with Gasteiger partial charge in [-0.25, -0.2) is 0 Å². The molecule has 1 aromatic rings. The first kappa shape index (κ1) is 9.00. The molecule has 0 amide bonds. The molecule has 3 N–H and O–H groups in total. The molecule has 0 aromatic carbocycles. The largest absolute Gasteiger partial charge is 0.329 e. The highest BCUT2D eigenvalue weighted by Crippen LogP contribution is 2.14. The van der Waals surface area contributed by atoms with E-state index >= 15 is 0 Å². The minimum atomic E-state index is -0.0699.